The van der Waals surface area contributed by atoms with Crippen molar-refractivity contribution in [3.63, 3.8) is 0 Å². The summed E-state index contributed by atoms with van der Waals surface area (Å²) in [5.41, 5.74) is 2.37. The van der Waals surface area contributed by atoms with Gasteiger partial charge in [0.25, 0.3) is 5.91 Å². The number of aryl methyl sites for hydroxylation is 1. The highest BCUT2D eigenvalue weighted by Gasteiger charge is 2.22. The number of nitrogens with zero attached hydrogens (tertiary/aromatic N) is 1. The molecule has 1 amide bonds. The predicted octanol–water partition coefficient (Wildman–Crippen LogP) is 0.904. The van der Waals surface area contributed by atoms with Crippen LogP contribution in [0.1, 0.15) is 5.56 Å². The molecule has 6 heteroatoms. The Bertz CT molecular complexity index is 756. The molecule has 0 spiro atoms. The van der Waals surface area contributed by atoms with Crippen molar-refractivity contribution in [2.75, 3.05) is 57.9 Å². The van der Waals surface area contributed by atoms with Gasteiger partial charge in [0, 0.05) is 5.69 Å². The van der Waals surface area contributed by atoms with Gasteiger partial charge in [-0.25, -0.2) is 0 Å². The van der Waals surface area contributed by atoms with Gasteiger partial charge in [0.05, 0.1) is 39.8 Å². The molecule has 0 aromatic heterocycles. The Kier molecular flexibility index (Phi) is 7.14. The van der Waals surface area contributed by atoms with Crippen LogP contribution in [0.15, 0.2) is 48.5 Å². The Morgan fingerprint density at radius 1 is 1.11 bits per heavy atom. The van der Waals surface area contributed by atoms with Gasteiger partial charge in [0.1, 0.15) is 18.1 Å². The fourth-order valence-corrected chi connectivity index (χ4v) is 3.40. The predicted molar refractivity (Wildman–Crippen MR) is 110 cm³/mol. The minimum atomic E-state index is 0.0840. The van der Waals surface area contributed by atoms with Gasteiger partial charge in [-0.1, -0.05) is 12.1 Å². The van der Waals surface area contributed by atoms with Crippen molar-refractivity contribution < 1.29 is 19.2 Å². The van der Waals surface area contributed by atoms with E-state index >= 15 is 0 Å². The van der Waals surface area contributed by atoms with E-state index in [4.69, 9.17) is 9.47 Å². The van der Waals surface area contributed by atoms with E-state index in [1.807, 2.05) is 43.3 Å². The third-order valence-electron chi connectivity index (χ3n) is 5.00. The Morgan fingerprint density at radius 2 is 1.86 bits per heavy atom. The highest BCUT2D eigenvalue weighted by molar-refractivity contribution is 5.76. The monoisotopic (exact) mass is 384 g/mol. The van der Waals surface area contributed by atoms with E-state index in [1.54, 1.807) is 7.11 Å². The lowest BCUT2D eigenvalue weighted by molar-refractivity contribution is -0.892. The molecule has 2 aromatic carbocycles. The van der Waals surface area contributed by atoms with Crippen molar-refractivity contribution in [1.29, 1.82) is 0 Å². The number of hydrogen-bond donors (Lipinski definition) is 2. The first-order valence-electron chi connectivity index (χ1n) is 9.83. The van der Waals surface area contributed by atoms with Gasteiger partial charge in [0.2, 0.25) is 0 Å². The maximum absolute atomic E-state index is 12.2. The Balaban J connectivity index is 1.33. The van der Waals surface area contributed by atoms with Crippen LogP contribution in [0, 0.1) is 6.92 Å². The van der Waals surface area contributed by atoms with Gasteiger partial charge in [-0.15, -0.1) is 0 Å². The van der Waals surface area contributed by atoms with Crippen molar-refractivity contribution in [3.05, 3.63) is 54.1 Å². The van der Waals surface area contributed by atoms with Crippen LogP contribution in [0.4, 0.5) is 5.69 Å². The summed E-state index contributed by atoms with van der Waals surface area (Å²) in [7, 11) is 1.68. The molecule has 28 heavy (non-hydrogen) atoms. The van der Waals surface area contributed by atoms with Crippen LogP contribution in [0.5, 0.6) is 11.5 Å². The largest absolute Gasteiger partial charge is 0.497 e. The highest BCUT2D eigenvalue weighted by Crippen LogP contribution is 2.18. The molecular formula is C22H30N3O3+. The van der Waals surface area contributed by atoms with E-state index in [0.29, 0.717) is 19.7 Å². The minimum absolute atomic E-state index is 0.0840. The average molecular weight is 385 g/mol. The maximum atomic E-state index is 12.2. The second-order valence-corrected chi connectivity index (χ2v) is 7.13. The van der Waals surface area contributed by atoms with Crippen LogP contribution in [-0.4, -0.2) is 58.9 Å². The Labute approximate surface area is 167 Å². The van der Waals surface area contributed by atoms with Crippen molar-refractivity contribution in [1.82, 2.24) is 5.32 Å². The van der Waals surface area contributed by atoms with Crippen molar-refractivity contribution in [2.24, 2.45) is 0 Å². The van der Waals surface area contributed by atoms with E-state index in [-0.39, 0.29) is 5.91 Å². The maximum Gasteiger partial charge on any atom is 0.275 e. The van der Waals surface area contributed by atoms with E-state index < -0.39 is 0 Å². The molecule has 1 heterocycles. The quantitative estimate of drug-likeness (QED) is 0.664. The van der Waals surface area contributed by atoms with Crippen molar-refractivity contribution in [2.45, 2.75) is 6.92 Å². The van der Waals surface area contributed by atoms with Crippen LogP contribution in [-0.2, 0) is 4.79 Å². The van der Waals surface area contributed by atoms with Crippen LogP contribution in [0.3, 0.4) is 0 Å². The Hall–Kier alpha value is -2.73. The van der Waals surface area contributed by atoms with E-state index in [0.717, 1.165) is 37.7 Å². The second-order valence-electron chi connectivity index (χ2n) is 7.13. The number of methoxy groups -OCH3 is 1. The number of hydrogen-bond acceptors (Lipinski definition) is 4. The van der Waals surface area contributed by atoms with Crippen LogP contribution in [0.25, 0.3) is 0 Å². The average Bonchev–Trinajstić information content (AvgIpc) is 2.72. The molecule has 0 bridgehead atoms. The lowest BCUT2D eigenvalue weighted by Crippen LogP contribution is -3.16. The summed E-state index contributed by atoms with van der Waals surface area (Å²) < 4.78 is 10.9. The summed E-state index contributed by atoms with van der Waals surface area (Å²) in [6.07, 6.45) is 0. The highest BCUT2D eigenvalue weighted by atomic mass is 16.5. The molecule has 1 saturated heterocycles. The summed E-state index contributed by atoms with van der Waals surface area (Å²) in [5, 5.41) is 2.96. The third-order valence-corrected chi connectivity index (χ3v) is 5.00. The van der Waals surface area contributed by atoms with E-state index in [9.17, 15) is 4.79 Å². The third kappa shape index (κ3) is 5.89. The molecule has 1 fully saturated rings. The zero-order valence-electron chi connectivity index (χ0n) is 16.7. The number of ether oxygens (including phenoxy) is 2. The number of carbonyl (C=O) groups is 1. The minimum Gasteiger partial charge on any atom is -0.497 e. The topological polar surface area (TPSA) is 55.2 Å². The van der Waals surface area contributed by atoms with Gasteiger partial charge in [-0.2, -0.15) is 0 Å². The van der Waals surface area contributed by atoms with E-state index in [2.05, 4.69) is 22.3 Å². The fourth-order valence-electron chi connectivity index (χ4n) is 3.40. The van der Waals surface area contributed by atoms with Gasteiger partial charge in [0.15, 0.2) is 6.54 Å². The first-order chi connectivity index (χ1) is 13.6. The fraction of sp³-hybridized carbons (Fsp3) is 0.409. The zero-order chi connectivity index (χ0) is 19.8. The summed E-state index contributed by atoms with van der Waals surface area (Å²) in [6.45, 7) is 7.37. The lowest BCUT2D eigenvalue weighted by Gasteiger charge is -2.33. The van der Waals surface area contributed by atoms with Gasteiger partial charge < -0.3 is 24.6 Å². The molecule has 0 saturated carbocycles. The molecule has 0 unspecified atom stereocenters. The zero-order valence-corrected chi connectivity index (χ0v) is 16.7. The lowest BCUT2D eigenvalue weighted by atomic mass is 10.2. The molecule has 150 valence electrons. The number of amides is 1. The smallest absolute Gasteiger partial charge is 0.275 e. The van der Waals surface area contributed by atoms with Crippen LogP contribution < -0.4 is 24.6 Å². The number of benzene rings is 2. The summed E-state index contributed by atoms with van der Waals surface area (Å²) in [6, 6.07) is 16.1. The number of piperazine rings is 1. The molecule has 3 rings (SSSR count). The van der Waals surface area contributed by atoms with Crippen molar-refractivity contribution >= 4 is 11.6 Å². The number of rotatable bonds is 8. The van der Waals surface area contributed by atoms with Crippen LogP contribution in [0.2, 0.25) is 0 Å². The van der Waals surface area contributed by atoms with Gasteiger partial charge >= 0.3 is 0 Å². The molecule has 1 aliphatic heterocycles. The first kappa shape index (κ1) is 20.0. The molecule has 2 aromatic rings. The number of carbonyl (C=O) groups excluding carboxylic acids is 1. The summed E-state index contributed by atoms with van der Waals surface area (Å²) in [5.74, 6) is 1.80. The number of quaternary nitrogens is 1. The van der Waals surface area contributed by atoms with Gasteiger partial charge in [-0.3, -0.25) is 4.79 Å². The molecule has 0 atom stereocenters. The molecule has 6 nitrogen and oxygen atoms in total. The molecule has 0 aliphatic carbocycles. The second kappa shape index (κ2) is 9.99. The van der Waals surface area contributed by atoms with Crippen LogP contribution >= 0.6 is 0 Å². The van der Waals surface area contributed by atoms with E-state index in [1.165, 1.54) is 16.2 Å². The molecule has 2 N–H and O–H groups in total. The molecule has 0 radical (unpaired) electrons. The molecular weight excluding hydrogens is 354 g/mol. The first-order valence-corrected chi connectivity index (χ1v) is 9.83. The number of nitrogens with one attached hydrogen (secondary N) is 2. The Morgan fingerprint density at radius 3 is 2.54 bits per heavy atom. The standard InChI is InChI=1S/C22H29N3O3/c1-18-4-3-5-21(16-18)28-15-10-23-22(26)17-24-11-13-25(14-12-24)19-6-8-20(27-2)9-7-19/h3-9,16H,10-15,17H2,1-2H3,(H,23,26)/p+1. The summed E-state index contributed by atoms with van der Waals surface area (Å²) in [4.78, 5) is 15.9. The normalized spacial score (nSPS) is 14.6. The van der Waals surface area contributed by atoms with Crippen molar-refractivity contribution in [3.8, 4) is 11.5 Å². The SMILES string of the molecule is COc1ccc(N2CC[NH+](CC(=O)NCCOc3cccc(C)c3)CC2)cc1. The molecule has 1 aliphatic rings. The number of anilines is 1. The summed E-state index contributed by atoms with van der Waals surface area (Å²) >= 11 is 0. The van der Waals surface area contributed by atoms with Gasteiger partial charge in [-0.05, 0) is 48.9 Å².